The molecule has 1 saturated heterocycles. The molecule has 1 aromatic carbocycles. The summed E-state index contributed by atoms with van der Waals surface area (Å²) in [6.45, 7) is 3.51. The van der Waals surface area contributed by atoms with Crippen LogP contribution in [0.3, 0.4) is 0 Å². The zero-order valence-electron chi connectivity index (χ0n) is 11.6. The van der Waals surface area contributed by atoms with Crippen molar-refractivity contribution in [2.45, 2.75) is 6.04 Å². The van der Waals surface area contributed by atoms with Gasteiger partial charge in [0, 0.05) is 46.0 Å². The molecule has 3 N–H and O–H groups in total. The Labute approximate surface area is 114 Å². The van der Waals surface area contributed by atoms with Gasteiger partial charge in [-0.1, -0.05) is 12.1 Å². The lowest BCUT2D eigenvalue weighted by Crippen LogP contribution is -2.48. The van der Waals surface area contributed by atoms with Crippen molar-refractivity contribution in [1.29, 1.82) is 0 Å². The molecular formula is C14H22N4O. The fourth-order valence-corrected chi connectivity index (χ4v) is 2.45. The smallest absolute Gasteiger partial charge is 0.239 e. The SMILES string of the molecule is CN(C)c1ccc(C(C(N)=O)N2CCNCC2)cc1. The Bertz CT molecular complexity index is 424. The van der Waals surface area contributed by atoms with Crippen LogP contribution in [0.4, 0.5) is 5.69 Å². The number of nitrogens with two attached hydrogens (primary N) is 1. The van der Waals surface area contributed by atoms with Crippen LogP contribution in [0, 0.1) is 0 Å². The lowest BCUT2D eigenvalue weighted by molar-refractivity contribution is -0.123. The van der Waals surface area contributed by atoms with E-state index in [1.54, 1.807) is 0 Å². The molecule has 1 aliphatic heterocycles. The summed E-state index contributed by atoms with van der Waals surface area (Å²) in [5.74, 6) is -0.278. The van der Waals surface area contributed by atoms with Crippen molar-refractivity contribution in [2.24, 2.45) is 5.73 Å². The maximum absolute atomic E-state index is 11.8. The Morgan fingerprint density at radius 3 is 2.32 bits per heavy atom. The number of hydrogen-bond donors (Lipinski definition) is 2. The van der Waals surface area contributed by atoms with Gasteiger partial charge in [-0.2, -0.15) is 0 Å². The number of piperazine rings is 1. The largest absolute Gasteiger partial charge is 0.378 e. The van der Waals surface area contributed by atoms with E-state index in [-0.39, 0.29) is 11.9 Å². The number of carbonyl (C=O) groups excluding carboxylic acids is 1. The van der Waals surface area contributed by atoms with Gasteiger partial charge in [-0.25, -0.2) is 0 Å². The van der Waals surface area contributed by atoms with Gasteiger partial charge in [0.25, 0.3) is 0 Å². The summed E-state index contributed by atoms with van der Waals surface area (Å²) in [6.07, 6.45) is 0. The van der Waals surface area contributed by atoms with Gasteiger partial charge in [-0.05, 0) is 17.7 Å². The van der Waals surface area contributed by atoms with Crippen molar-refractivity contribution >= 4 is 11.6 Å². The number of amides is 1. The van der Waals surface area contributed by atoms with E-state index >= 15 is 0 Å². The first-order valence-electron chi connectivity index (χ1n) is 6.61. The molecule has 19 heavy (non-hydrogen) atoms. The fraction of sp³-hybridized carbons (Fsp3) is 0.500. The molecule has 1 fully saturated rings. The predicted octanol–water partition coefficient (Wildman–Crippen LogP) is 0.184. The lowest BCUT2D eigenvalue weighted by atomic mass is 10.0. The number of benzene rings is 1. The Balaban J connectivity index is 2.20. The molecule has 1 amide bonds. The minimum atomic E-state index is -0.321. The van der Waals surface area contributed by atoms with Crippen LogP contribution in [-0.4, -0.2) is 51.1 Å². The van der Waals surface area contributed by atoms with E-state index in [0.29, 0.717) is 0 Å². The number of nitrogens with zero attached hydrogens (tertiary/aromatic N) is 2. The third-order valence-electron chi connectivity index (χ3n) is 3.51. The number of nitrogens with one attached hydrogen (secondary N) is 1. The van der Waals surface area contributed by atoms with Crippen LogP contribution in [0.5, 0.6) is 0 Å². The Hall–Kier alpha value is -1.59. The molecule has 1 atom stereocenters. The van der Waals surface area contributed by atoms with Gasteiger partial charge in [0.1, 0.15) is 6.04 Å². The number of hydrogen-bond acceptors (Lipinski definition) is 4. The second kappa shape index (κ2) is 6.04. The van der Waals surface area contributed by atoms with Gasteiger partial charge < -0.3 is 16.0 Å². The highest BCUT2D eigenvalue weighted by molar-refractivity contribution is 5.81. The third kappa shape index (κ3) is 3.24. The van der Waals surface area contributed by atoms with E-state index in [1.807, 2.05) is 43.3 Å². The minimum absolute atomic E-state index is 0.278. The standard InChI is InChI=1S/C14H22N4O/c1-17(2)12-5-3-11(4-6-12)13(14(15)19)18-9-7-16-8-10-18/h3-6,13,16H,7-10H2,1-2H3,(H2,15,19). The Morgan fingerprint density at radius 1 is 1.26 bits per heavy atom. The van der Waals surface area contributed by atoms with E-state index in [2.05, 4.69) is 10.2 Å². The lowest BCUT2D eigenvalue weighted by Gasteiger charge is -2.33. The number of rotatable bonds is 4. The molecular weight excluding hydrogens is 240 g/mol. The van der Waals surface area contributed by atoms with E-state index in [9.17, 15) is 4.79 Å². The number of carbonyl (C=O) groups is 1. The van der Waals surface area contributed by atoms with Gasteiger partial charge in [0.05, 0.1) is 0 Å². The quantitative estimate of drug-likeness (QED) is 0.813. The minimum Gasteiger partial charge on any atom is -0.378 e. The molecule has 2 rings (SSSR count). The topological polar surface area (TPSA) is 61.6 Å². The summed E-state index contributed by atoms with van der Waals surface area (Å²) in [7, 11) is 3.99. The summed E-state index contributed by atoms with van der Waals surface area (Å²) in [6, 6.07) is 7.71. The molecule has 104 valence electrons. The summed E-state index contributed by atoms with van der Waals surface area (Å²) in [5, 5.41) is 3.28. The zero-order valence-corrected chi connectivity index (χ0v) is 11.6. The first kappa shape index (κ1) is 13.8. The fourth-order valence-electron chi connectivity index (χ4n) is 2.45. The summed E-state index contributed by atoms with van der Waals surface area (Å²) in [4.78, 5) is 15.9. The van der Waals surface area contributed by atoms with E-state index in [4.69, 9.17) is 5.73 Å². The maximum atomic E-state index is 11.8. The highest BCUT2D eigenvalue weighted by Gasteiger charge is 2.26. The average molecular weight is 262 g/mol. The molecule has 1 unspecified atom stereocenters. The van der Waals surface area contributed by atoms with E-state index < -0.39 is 0 Å². The second-order valence-electron chi connectivity index (χ2n) is 5.08. The summed E-state index contributed by atoms with van der Waals surface area (Å²) >= 11 is 0. The number of anilines is 1. The van der Waals surface area contributed by atoms with Crippen molar-refractivity contribution in [3.8, 4) is 0 Å². The van der Waals surface area contributed by atoms with Crippen molar-refractivity contribution in [3.05, 3.63) is 29.8 Å². The Kier molecular flexibility index (Phi) is 4.39. The average Bonchev–Trinajstić information content (AvgIpc) is 2.40. The van der Waals surface area contributed by atoms with Crippen LogP contribution in [0.2, 0.25) is 0 Å². The first-order chi connectivity index (χ1) is 9.09. The van der Waals surface area contributed by atoms with Crippen molar-refractivity contribution in [2.75, 3.05) is 45.2 Å². The maximum Gasteiger partial charge on any atom is 0.239 e. The van der Waals surface area contributed by atoms with Crippen LogP contribution in [0.15, 0.2) is 24.3 Å². The molecule has 1 heterocycles. The second-order valence-corrected chi connectivity index (χ2v) is 5.08. The summed E-state index contributed by atoms with van der Waals surface area (Å²) in [5.41, 5.74) is 7.68. The monoisotopic (exact) mass is 262 g/mol. The normalized spacial score (nSPS) is 18.0. The van der Waals surface area contributed by atoms with E-state index in [0.717, 1.165) is 37.4 Å². The van der Waals surface area contributed by atoms with E-state index in [1.165, 1.54) is 0 Å². The number of primary amides is 1. The molecule has 0 radical (unpaired) electrons. The van der Waals surface area contributed by atoms with Crippen molar-refractivity contribution < 1.29 is 4.79 Å². The first-order valence-corrected chi connectivity index (χ1v) is 6.61. The van der Waals surface area contributed by atoms with Gasteiger partial charge in [-0.15, -0.1) is 0 Å². The van der Waals surface area contributed by atoms with Gasteiger partial charge in [0.15, 0.2) is 0 Å². The van der Waals surface area contributed by atoms with Gasteiger partial charge in [-0.3, -0.25) is 9.69 Å². The molecule has 1 aliphatic rings. The Morgan fingerprint density at radius 2 is 1.84 bits per heavy atom. The van der Waals surface area contributed by atoms with Crippen LogP contribution >= 0.6 is 0 Å². The summed E-state index contributed by atoms with van der Waals surface area (Å²) < 4.78 is 0. The van der Waals surface area contributed by atoms with Crippen LogP contribution in [0.1, 0.15) is 11.6 Å². The molecule has 0 aliphatic carbocycles. The van der Waals surface area contributed by atoms with Gasteiger partial charge >= 0.3 is 0 Å². The molecule has 5 heteroatoms. The van der Waals surface area contributed by atoms with Crippen molar-refractivity contribution in [1.82, 2.24) is 10.2 Å². The predicted molar refractivity (Wildman–Crippen MR) is 77.1 cm³/mol. The molecule has 1 aromatic rings. The highest BCUT2D eigenvalue weighted by atomic mass is 16.1. The molecule has 0 bridgehead atoms. The van der Waals surface area contributed by atoms with Crippen LogP contribution in [-0.2, 0) is 4.79 Å². The van der Waals surface area contributed by atoms with Gasteiger partial charge in [0.2, 0.25) is 5.91 Å². The third-order valence-corrected chi connectivity index (χ3v) is 3.51. The van der Waals surface area contributed by atoms with Crippen molar-refractivity contribution in [3.63, 3.8) is 0 Å². The zero-order chi connectivity index (χ0) is 13.8. The molecule has 0 saturated carbocycles. The van der Waals surface area contributed by atoms with Crippen LogP contribution in [0.25, 0.3) is 0 Å². The molecule has 5 nitrogen and oxygen atoms in total. The highest BCUT2D eigenvalue weighted by Crippen LogP contribution is 2.23. The molecule has 0 spiro atoms. The molecule has 0 aromatic heterocycles. The van der Waals surface area contributed by atoms with Crippen LogP contribution < -0.4 is 16.0 Å².